The van der Waals surface area contributed by atoms with Crippen molar-refractivity contribution in [3.05, 3.63) is 200 Å². The zero-order valence-electron chi connectivity index (χ0n) is 43.8. The van der Waals surface area contributed by atoms with Gasteiger partial charge in [0.15, 0.2) is 0 Å². The predicted octanol–water partition coefficient (Wildman–Crippen LogP) is 3.42. The Morgan fingerprint density at radius 3 is 0.934 bits per heavy atom. The number of rotatable bonds is 14. The summed E-state index contributed by atoms with van der Waals surface area (Å²) in [6.07, 6.45) is 0. The van der Waals surface area contributed by atoms with Gasteiger partial charge in [-0.15, -0.1) is 36.4 Å². The smallest absolute Gasteiger partial charge is 0.522 e. The summed E-state index contributed by atoms with van der Waals surface area (Å²) >= 11 is 0. The standard InChI is InChI=1S/C20H15BO4.C20H18O4.C20H15O4.3Li/c1-22-12-6-3-8-14-18(12)21-19-13(23-2)7-4-9-15(19)25-17-11-5-10-16(24-14)20(17)21;2*1-21-15-6-3-8-17(12-15)23-19-10-5-11-20(14-19)24-18-9-4-7-16(13-18)22-2;;;/h3-11H,1-2H3;3-14H,1-2H3;3-11H,1-2H3;;;/q;;-3;3*+1. The average Bonchev–Trinajstić information content (AvgIpc) is 3.45. The van der Waals surface area contributed by atoms with E-state index in [4.69, 9.17) is 56.8 Å². The zero-order valence-corrected chi connectivity index (χ0v) is 43.8. The largest absolute Gasteiger partial charge is 1.00 e. The summed E-state index contributed by atoms with van der Waals surface area (Å²) in [5.74, 6) is 12.4. The van der Waals surface area contributed by atoms with E-state index in [1.165, 1.54) is 0 Å². The van der Waals surface area contributed by atoms with Crippen molar-refractivity contribution in [2.45, 2.75) is 0 Å². The average molecular weight is 993 g/mol. The summed E-state index contributed by atoms with van der Waals surface area (Å²) < 4.78 is 67.5. The summed E-state index contributed by atoms with van der Waals surface area (Å²) in [6.45, 7) is -0.0639. The van der Waals surface area contributed by atoms with Crippen LogP contribution in [0.2, 0.25) is 0 Å². The monoisotopic (exact) mass is 992 g/mol. The summed E-state index contributed by atoms with van der Waals surface area (Å²) in [5.41, 5.74) is 3.01. The van der Waals surface area contributed by atoms with Gasteiger partial charge in [-0.3, -0.25) is 0 Å². The van der Waals surface area contributed by atoms with Crippen LogP contribution in [0.25, 0.3) is 0 Å². The Morgan fingerprint density at radius 1 is 0.289 bits per heavy atom. The number of methoxy groups -OCH3 is 6. The van der Waals surface area contributed by atoms with E-state index >= 15 is 0 Å². The van der Waals surface area contributed by atoms with Crippen LogP contribution in [-0.4, -0.2) is 49.4 Å². The van der Waals surface area contributed by atoms with Crippen molar-refractivity contribution in [2.75, 3.05) is 42.7 Å². The van der Waals surface area contributed by atoms with Crippen LogP contribution in [0.5, 0.6) is 103 Å². The fourth-order valence-corrected chi connectivity index (χ4v) is 8.01. The van der Waals surface area contributed by atoms with Gasteiger partial charge in [-0.1, -0.05) is 54.6 Å². The number of hydrogen-bond acceptors (Lipinski definition) is 12. The molecule has 0 unspecified atom stereocenters. The molecule has 2 heterocycles. The number of fused-ring (bicyclic) bond motifs is 4. The maximum absolute atomic E-state index is 6.15. The van der Waals surface area contributed by atoms with E-state index in [0.717, 1.165) is 62.4 Å². The normalized spacial score (nSPS) is 10.6. The van der Waals surface area contributed by atoms with Gasteiger partial charge in [0.05, 0.1) is 42.7 Å². The van der Waals surface area contributed by atoms with E-state index in [0.29, 0.717) is 57.5 Å². The molecular formula is C60H48BLi3O12. The molecule has 0 bridgehead atoms. The Hall–Kier alpha value is -7.56. The second-order valence-corrected chi connectivity index (χ2v) is 15.8. The Balaban J connectivity index is 0.000000182. The topological polar surface area (TPSA) is 111 Å². The van der Waals surface area contributed by atoms with Crippen molar-refractivity contribution in [1.82, 2.24) is 0 Å². The van der Waals surface area contributed by atoms with Crippen molar-refractivity contribution < 1.29 is 113 Å². The van der Waals surface area contributed by atoms with Crippen LogP contribution >= 0.6 is 0 Å². The fraction of sp³-hybridized carbons (Fsp3) is 0.100. The second kappa shape index (κ2) is 27.8. The van der Waals surface area contributed by atoms with E-state index < -0.39 is 0 Å². The molecule has 0 fully saturated rings. The van der Waals surface area contributed by atoms with Gasteiger partial charge in [0.1, 0.15) is 69.0 Å². The third-order valence-corrected chi connectivity index (χ3v) is 11.3. The number of ether oxygens (including phenoxy) is 12. The third kappa shape index (κ3) is 14.0. The van der Waals surface area contributed by atoms with Crippen molar-refractivity contribution in [2.24, 2.45) is 0 Å². The van der Waals surface area contributed by atoms with Crippen molar-refractivity contribution in [3.8, 4) is 103 Å². The molecule has 0 amide bonds. The minimum absolute atomic E-state index is 0. The van der Waals surface area contributed by atoms with Crippen molar-refractivity contribution in [1.29, 1.82) is 0 Å². The van der Waals surface area contributed by atoms with E-state index in [1.54, 1.807) is 79.1 Å². The molecule has 0 spiro atoms. The second-order valence-electron chi connectivity index (χ2n) is 15.8. The molecule has 0 saturated carbocycles. The van der Waals surface area contributed by atoms with Crippen LogP contribution in [0.3, 0.4) is 0 Å². The van der Waals surface area contributed by atoms with Gasteiger partial charge in [-0.25, -0.2) is 0 Å². The maximum atomic E-state index is 6.15. The van der Waals surface area contributed by atoms with Gasteiger partial charge in [0, 0.05) is 69.1 Å². The van der Waals surface area contributed by atoms with Crippen LogP contribution in [-0.2, 0) is 0 Å². The van der Waals surface area contributed by atoms with E-state index in [2.05, 4.69) is 18.2 Å². The molecule has 0 aliphatic carbocycles. The third-order valence-electron chi connectivity index (χ3n) is 11.3. The van der Waals surface area contributed by atoms with Gasteiger partial charge in [0.2, 0.25) is 0 Å². The number of hydrogen-bond donors (Lipinski definition) is 0. The molecule has 2 aliphatic rings. The van der Waals surface area contributed by atoms with Gasteiger partial charge >= 0.3 is 56.6 Å². The minimum atomic E-state index is -0.0639. The van der Waals surface area contributed by atoms with Gasteiger partial charge in [-0.05, 0) is 72.8 Å². The molecule has 2 aliphatic heterocycles. The molecule has 0 aromatic heterocycles. The summed E-state index contributed by atoms with van der Waals surface area (Å²) in [5, 5.41) is 0. The van der Waals surface area contributed by atoms with Crippen LogP contribution < -0.4 is 130 Å². The molecular weight excluding hydrogens is 944 g/mol. The SMILES string of the molecule is COc1[c-]c(Oc2[c-]c(Oc3[c-]c(OC)ccc3)ccc2)ccc1.COc1cccc(Oc2cccc(Oc3cccc(OC)c3)c2)c1.COc1cccc2c1B1c3c(OC)cccc3Oc3cccc(c31)O2.[Li+].[Li+].[Li+]. The fourth-order valence-electron chi connectivity index (χ4n) is 8.01. The minimum Gasteiger partial charge on any atom is -0.522 e. The first-order chi connectivity index (χ1) is 35.8. The van der Waals surface area contributed by atoms with Crippen molar-refractivity contribution >= 4 is 23.1 Å². The Bertz CT molecular complexity index is 3000. The van der Waals surface area contributed by atoms with E-state index in [9.17, 15) is 0 Å². The molecule has 0 radical (unpaired) electrons. The molecule has 9 aromatic rings. The molecule has 0 N–H and O–H groups in total. The van der Waals surface area contributed by atoms with Crippen molar-refractivity contribution in [3.63, 3.8) is 0 Å². The molecule has 11 rings (SSSR count). The van der Waals surface area contributed by atoms with Crippen LogP contribution in [0.15, 0.2) is 182 Å². The predicted molar refractivity (Wildman–Crippen MR) is 279 cm³/mol. The van der Waals surface area contributed by atoms with Crippen LogP contribution in [0.4, 0.5) is 0 Å². The Labute approximate surface area is 479 Å². The molecule has 76 heavy (non-hydrogen) atoms. The van der Waals surface area contributed by atoms with Crippen LogP contribution in [0, 0.1) is 18.2 Å². The summed E-state index contributed by atoms with van der Waals surface area (Å²) in [4.78, 5) is 0. The molecule has 9 aromatic carbocycles. The van der Waals surface area contributed by atoms with E-state index in [-0.39, 0.29) is 63.3 Å². The van der Waals surface area contributed by atoms with Gasteiger partial charge in [0.25, 0.3) is 6.71 Å². The first kappa shape index (κ1) is 57.7. The molecule has 12 nitrogen and oxygen atoms in total. The van der Waals surface area contributed by atoms with E-state index in [1.807, 2.05) is 146 Å². The summed E-state index contributed by atoms with van der Waals surface area (Å²) in [7, 11) is 9.78. The molecule has 16 heteroatoms. The van der Waals surface area contributed by atoms with Gasteiger partial charge in [-0.2, -0.15) is 18.2 Å². The van der Waals surface area contributed by atoms with Crippen LogP contribution in [0.1, 0.15) is 0 Å². The maximum Gasteiger partial charge on any atom is 1.00 e. The number of benzene rings is 9. The molecule has 0 atom stereocenters. The zero-order chi connectivity index (χ0) is 50.5. The molecule has 366 valence electrons. The quantitative estimate of drug-likeness (QED) is 0.118. The molecule has 0 saturated heterocycles. The first-order valence-corrected chi connectivity index (χ1v) is 22.9. The Morgan fingerprint density at radius 2 is 0.579 bits per heavy atom. The summed E-state index contributed by atoms with van der Waals surface area (Å²) in [6, 6.07) is 65.3. The first-order valence-electron chi connectivity index (χ1n) is 22.9. The van der Waals surface area contributed by atoms with Gasteiger partial charge < -0.3 is 56.8 Å². The Kier molecular flexibility index (Phi) is 21.1.